The number of hydrogen-bond acceptors (Lipinski definition) is 6. The Kier molecular flexibility index (Phi) is 3.85. The molecule has 0 unspecified atom stereocenters. The molecule has 2 aromatic rings. The van der Waals surface area contributed by atoms with E-state index in [2.05, 4.69) is 15.3 Å². The Morgan fingerprint density at radius 2 is 2.10 bits per heavy atom. The van der Waals surface area contributed by atoms with Crippen LogP contribution in [0.15, 0.2) is 36.7 Å². The summed E-state index contributed by atoms with van der Waals surface area (Å²) in [6, 6.07) is 7.18. The van der Waals surface area contributed by atoms with Gasteiger partial charge in [0.1, 0.15) is 17.7 Å². The van der Waals surface area contributed by atoms with E-state index in [-0.39, 0.29) is 22.9 Å². The molecule has 0 radical (unpaired) electrons. The molecule has 0 bridgehead atoms. The van der Waals surface area contributed by atoms with Crippen LogP contribution in [0.5, 0.6) is 5.88 Å². The van der Waals surface area contributed by atoms with Gasteiger partial charge in [-0.2, -0.15) is 0 Å². The van der Waals surface area contributed by atoms with E-state index in [1.807, 2.05) is 0 Å². The van der Waals surface area contributed by atoms with Gasteiger partial charge in [0.25, 0.3) is 11.6 Å². The number of benzene rings is 1. The summed E-state index contributed by atoms with van der Waals surface area (Å²) >= 11 is 0. The monoisotopic (exact) mass is 274 g/mol. The number of nitro benzene ring substituents is 1. The van der Waals surface area contributed by atoms with Crippen LogP contribution in [0.3, 0.4) is 0 Å². The summed E-state index contributed by atoms with van der Waals surface area (Å²) in [5.74, 6) is -0.354. The quantitative estimate of drug-likeness (QED) is 0.670. The maximum Gasteiger partial charge on any atom is 0.292 e. The molecule has 0 saturated carbocycles. The molecule has 1 aromatic heterocycles. The second kappa shape index (κ2) is 5.74. The van der Waals surface area contributed by atoms with Crippen LogP contribution >= 0.6 is 0 Å². The summed E-state index contributed by atoms with van der Waals surface area (Å²) in [7, 11) is 1.41. The number of nitrogens with one attached hydrogen (secondary N) is 1. The van der Waals surface area contributed by atoms with Crippen LogP contribution in [-0.2, 0) is 0 Å². The third-order valence-electron chi connectivity index (χ3n) is 2.43. The molecule has 1 amide bonds. The van der Waals surface area contributed by atoms with Gasteiger partial charge in [0.15, 0.2) is 0 Å². The Balaban J connectivity index is 2.25. The SMILES string of the molecule is COc1cc(C(=O)Nc2ccccc2[N+](=O)[O-])ncn1. The zero-order chi connectivity index (χ0) is 14.5. The predicted molar refractivity (Wildman–Crippen MR) is 69.6 cm³/mol. The van der Waals surface area contributed by atoms with Crippen LogP contribution in [0.2, 0.25) is 0 Å². The molecule has 0 atom stereocenters. The van der Waals surface area contributed by atoms with Crippen LogP contribution in [0.4, 0.5) is 11.4 Å². The van der Waals surface area contributed by atoms with Gasteiger partial charge in [-0.15, -0.1) is 0 Å². The molecule has 0 saturated heterocycles. The van der Waals surface area contributed by atoms with E-state index >= 15 is 0 Å². The molecule has 0 aliphatic rings. The molecule has 0 fully saturated rings. The highest BCUT2D eigenvalue weighted by atomic mass is 16.6. The van der Waals surface area contributed by atoms with Gasteiger partial charge in [0.2, 0.25) is 5.88 Å². The van der Waals surface area contributed by atoms with Gasteiger partial charge < -0.3 is 10.1 Å². The lowest BCUT2D eigenvalue weighted by Gasteiger charge is -2.05. The number of carbonyl (C=O) groups is 1. The predicted octanol–water partition coefficient (Wildman–Crippen LogP) is 1.65. The smallest absolute Gasteiger partial charge is 0.292 e. The molecule has 8 heteroatoms. The van der Waals surface area contributed by atoms with Crippen LogP contribution < -0.4 is 10.1 Å². The van der Waals surface area contributed by atoms with Crippen molar-refractivity contribution >= 4 is 17.3 Å². The number of aromatic nitrogens is 2. The number of hydrogen-bond donors (Lipinski definition) is 1. The number of carbonyl (C=O) groups excluding carboxylic acids is 1. The summed E-state index contributed by atoms with van der Waals surface area (Å²) in [5.41, 5.74) is -0.0445. The normalized spacial score (nSPS) is 9.85. The number of methoxy groups -OCH3 is 1. The summed E-state index contributed by atoms with van der Waals surface area (Å²) in [5, 5.41) is 13.3. The van der Waals surface area contributed by atoms with Crippen LogP contribution in [0, 0.1) is 10.1 Å². The zero-order valence-corrected chi connectivity index (χ0v) is 10.4. The van der Waals surface area contributed by atoms with Crippen molar-refractivity contribution in [3.63, 3.8) is 0 Å². The van der Waals surface area contributed by atoms with Crippen molar-refractivity contribution in [2.45, 2.75) is 0 Å². The molecule has 0 spiro atoms. The fraction of sp³-hybridized carbons (Fsp3) is 0.0833. The average Bonchev–Trinajstić information content (AvgIpc) is 2.47. The number of nitro groups is 1. The van der Waals surface area contributed by atoms with Crippen molar-refractivity contribution in [3.05, 3.63) is 52.5 Å². The second-order valence-electron chi connectivity index (χ2n) is 3.67. The molecule has 0 aliphatic heterocycles. The summed E-state index contributed by atoms with van der Waals surface area (Å²) in [4.78, 5) is 29.8. The molecule has 1 aromatic carbocycles. The number of nitrogens with zero attached hydrogens (tertiary/aromatic N) is 3. The first-order valence-electron chi connectivity index (χ1n) is 5.52. The van der Waals surface area contributed by atoms with Gasteiger partial charge in [-0.05, 0) is 6.07 Å². The van der Waals surface area contributed by atoms with E-state index in [0.717, 1.165) is 0 Å². The van der Waals surface area contributed by atoms with Crippen molar-refractivity contribution in [2.24, 2.45) is 0 Å². The van der Waals surface area contributed by atoms with E-state index in [4.69, 9.17) is 4.74 Å². The van der Waals surface area contributed by atoms with Gasteiger partial charge in [0.05, 0.1) is 12.0 Å². The van der Waals surface area contributed by atoms with E-state index < -0.39 is 10.8 Å². The standard InChI is InChI=1S/C12H10N4O4/c1-20-11-6-9(13-7-14-11)12(17)15-8-4-2-3-5-10(8)16(18)19/h2-7H,1H3,(H,15,17). The molecule has 1 heterocycles. The van der Waals surface area contributed by atoms with Gasteiger partial charge in [-0.25, -0.2) is 9.97 Å². The van der Waals surface area contributed by atoms with Crippen molar-refractivity contribution in [1.29, 1.82) is 0 Å². The lowest BCUT2D eigenvalue weighted by molar-refractivity contribution is -0.383. The van der Waals surface area contributed by atoms with Crippen LogP contribution in [0.1, 0.15) is 10.5 Å². The average molecular weight is 274 g/mol. The Bertz CT molecular complexity index is 659. The Morgan fingerprint density at radius 1 is 1.35 bits per heavy atom. The summed E-state index contributed by atoms with van der Waals surface area (Å²) < 4.78 is 4.88. The Morgan fingerprint density at radius 3 is 2.80 bits per heavy atom. The topological polar surface area (TPSA) is 107 Å². The fourth-order valence-electron chi connectivity index (χ4n) is 1.50. The Hall–Kier alpha value is -3.03. The first kappa shape index (κ1) is 13.4. The first-order valence-corrected chi connectivity index (χ1v) is 5.52. The van der Waals surface area contributed by atoms with Gasteiger partial charge in [-0.1, -0.05) is 12.1 Å². The first-order chi connectivity index (χ1) is 9.61. The third-order valence-corrected chi connectivity index (χ3v) is 2.43. The summed E-state index contributed by atoms with van der Waals surface area (Å²) in [6.45, 7) is 0. The third kappa shape index (κ3) is 2.86. The molecule has 0 aliphatic carbocycles. The van der Waals surface area contributed by atoms with Gasteiger partial charge in [-0.3, -0.25) is 14.9 Å². The van der Waals surface area contributed by atoms with E-state index in [1.54, 1.807) is 6.07 Å². The molecule has 8 nitrogen and oxygen atoms in total. The van der Waals surface area contributed by atoms with Crippen LogP contribution in [0.25, 0.3) is 0 Å². The minimum Gasteiger partial charge on any atom is -0.481 e. The fourth-order valence-corrected chi connectivity index (χ4v) is 1.50. The van der Waals surface area contributed by atoms with Crippen molar-refractivity contribution < 1.29 is 14.5 Å². The van der Waals surface area contributed by atoms with Crippen LogP contribution in [-0.4, -0.2) is 27.9 Å². The molecule has 2 rings (SSSR count). The zero-order valence-electron chi connectivity index (χ0n) is 10.4. The van der Waals surface area contributed by atoms with Crippen molar-refractivity contribution in [2.75, 3.05) is 12.4 Å². The van der Waals surface area contributed by atoms with E-state index in [0.29, 0.717) is 0 Å². The minimum absolute atomic E-state index is 0.0509. The molecular weight excluding hydrogens is 264 g/mol. The molecule has 102 valence electrons. The van der Waals surface area contributed by atoms with E-state index in [1.165, 1.54) is 37.7 Å². The van der Waals surface area contributed by atoms with Gasteiger partial charge >= 0.3 is 0 Å². The molecular formula is C12H10N4O4. The second-order valence-corrected chi connectivity index (χ2v) is 3.67. The highest BCUT2D eigenvalue weighted by Gasteiger charge is 2.16. The van der Waals surface area contributed by atoms with E-state index in [9.17, 15) is 14.9 Å². The van der Waals surface area contributed by atoms with Crippen molar-refractivity contribution in [1.82, 2.24) is 9.97 Å². The number of para-hydroxylation sites is 2. The number of ether oxygens (including phenoxy) is 1. The highest BCUT2D eigenvalue weighted by Crippen LogP contribution is 2.23. The number of rotatable bonds is 4. The lowest BCUT2D eigenvalue weighted by Crippen LogP contribution is -2.15. The lowest BCUT2D eigenvalue weighted by atomic mass is 10.2. The highest BCUT2D eigenvalue weighted by molar-refractivity contribution is 6.04. The Labute approximate surface area is 113 Å². The molecule has 20 heavy (non-hydrogen) atoms. The maximum absolute atomic E-state index is 12.0. The largest absolute Gasteiger partial charge is 0.481 e. The van der Waals surface area contributed by atoms with Gasteiger partial charge in [0, 0.05) is 12.1 Å². The molecule has 1 N–H and O–H groups in total. The number of amides is 1. The minimum atomic E-state index is -0.583. The maximum atomic E-state index is 12.0. The summed E-state index contributed by atoms with van der Waals surface area (Å²) in [6.07, 6.45) is 1.17. The number of anilines is 1. The van der Waals surface area contributed by atoms with Crippen molar-refractivity contribution in [3.8, 4) is 5.88 Å².